The Kier molecular flexibility index (Phi) is 4.94. The van der Waals surface area contributed by atoms with E-state index >= 15 is 0 Å². The summed E-state index contributed by atoms with van der Waals surface area (Å²) in [4.78, 5) is 12.3. The minimum atomic E-state index is -3.70. The SMILES string of the molecule is CC(C)(C)c1cc(NC(=O)c2ccc(S(=O)(=O)N3CCCCC3)o2)n[nH]1. The highest BCUT2D eigenvalue weighted by Crippen LogP contribution is 2.24. The molecule has 0 saturated carbocycles. The molecule has 26 heavy (non-hydrogen) atoms. The van der Waals surface area contributed by atoms with Gasteiger partial charge in [-0.15, -0.1) is 0 Å². The van der Waals surface area contributed by atoms with Crippen LogP contribution < -0.4 is 5.32 Å². The van der Waals surface area contributed by atoms with Crippen molar-refractivity contribution >= 4 is 21.7 Å². The van der Waals surface area contributed by atoms with Gasteiger partial charge in [0.05, 0.1) is 0 Å². The summed E-state index contributed by atoms with van der Waals surface area (Å²) in [5.41, 5.74) is 0.747. The molecule has 3 rings (SSSR count). The maximum absolute atomic E-state index is 12.6. The van der Waals surface area contributed by atoms with E-state index in [0.717, 1.165) is 25.0 Å². The summed E-state index contributed by atoms with van der Waals surface area (Å²) in [5, 5.41) is 9.33. The lowest BCUT2D eigenvalue weighted by Gasteiger charge is -2.24. The van der Waals surface area contributed by atoms with Crippen LogP contribution in [0.2, 0.25) is 0 Å². The number of piperidine rings is 1. The maximum atomic E-state index is 12.6. The van der Waals surface area contributed by atoms with Crippen molar-refractivity contribution in [1.29, 1.82) is 0 Å². The molecule has 0 spiro atoms. The van der Waals surface area contributed by atoms with Gasteiger partial charge in [-0.3, -0.25) is 9.89 Å². The van der Waals surface area contributed by atoms with Crippen LogP contribution in [0, 0.1) is 0 Å². The summed E-state index contributed by atoms with van der Waals surface area (Å²) in [5.74, 6) is -0.255. The first kappa shape index (κ1) is 18.7. The number of carbonyl (C=O) groups excluding carboxylic acids is 1. The topological polar surface area (TPSA) is 108 Å². The summed E-state index contributed by atoms with van der Waals surface area (Å²) in [6.45, 7) is 7.03. The van der Waals surface area contributed by atoms with Gasteiger partial charge >= 0.3 is 0 Å². The lowest BCUT2D eigenvalue weighted by Crippen LogP contribution is -2.35. The largest absolute Gasteiger partial charge is 0.438 e. The predicted octanol–water partition coefficient (Wildman–Crippen LogP) is 2.73. The van der Waals surface area contributed by atoms with Crippen molar-refractivity contribution in [3.05, 3.63) is 29.7 Å². The van der Waals surface area contributed by atoms with Crippen LogP contribution in [-0.2, 0) is 15.4 Å². The van der Waals surface area contributed by atoms with Crippen molar-refractivity contribution in [2.24, 2.45) is 0 Å². The van der Waals surface area contributed by atoms with E-state index in [4.69, 9.17) is 4.42 Å². The molecule has 0 radical (unpaired) electrons. The van der Waals surface area contributed by atoms with E-state index in [0.29, 0.717) is 18.9 Å². The molecule has 0 atom stereocenters. The summed E-state index contributed by atoms with van der Waals surface area (Å²) in [6.07, 6.45) is 2.70. The van der Waals surface area contributed by atoms with E-state index in [1.807, 2.05) is 20.8 Å². The summed E-state index contributed by atoms with van der Waals surface area (Å²) >= 11 is 0. The van der Waals surface area contributed by atoms with E-state index in [9.17, 15) is 13.2 Å². The third-order valence-electron chi connectivity index (χ3n) is 4.34. The normalized spacial score (nSPS) is 16.6. The van der Waals surface area contributed by atoms with Crippen molar-refractivity contribution in [3.8, 4) is 0 Å². The van der Waals surface area contributed by atoms with Crippen LogP contribution in [0.3, 0.4) is 0 Å². The van der Waals surface area contributed by atoms with Gasteiger partial charge in [-0.25, -0.2) is 8.42 Å². The number of sulfonamides is 1. The Bertz CT molecular complexity index is 886. The Morgan fingerprint density at radius 2 is 1.92 bits per heavy atom. The fourth-order valence-corrected chi connectivity index (χ4v) is 4.19. The third kappa shape index (κ3) is 3.83. The van der Waals surface area contributed by atoms with Crippen LogP contribution in [0.4, 0.5) is 5.82 Å². The molecule has 1 fully saturated rings. The standard InChI is InChI=1S/C17H24N4O4S/c1-17(2,3)13-11-14(20-19-13)18-16(22)12-7-8-15(25-12)26(23,24)21-9-5-4-6-10-21/h7-8,11H,4-6,9-10H2,1-3H3,(H2,18,19,20,22). The highest BCUT2D eigenvalue weighted by Gasteiger charge is 2.29. The zero-order chi connectivity index (χ0) is 18.9. The Labute approximate surface area is 153 Å². The molecular weight excluding hydrogens is 356 g/mol. The number of amides is 1. The number of nitrogens with one attached hydrogen (secondary N) is 2. The van der Waals surface area contributed by atoms with Gasteiger partial charge in [0.2, 0.25) is 5.09 Å². The van der Waals surface area contributed by atoms with Crippen molar-refractivity contribution in [2.45, 2.75) is 50.5 Å². The van der Waals surface area contributed by atoms with Crippen molar-refractivity contribution in [3.63, 3.8) is 0 Å². The second-order valence-electron chi connectivity index (χ2n) is 7.45. The molecule has 0 aliphatic carbocycles. The molecule has 0 aromatic carbocycles. The zero-order valence-corrected chi connectivity index (χ0v) is 16.0. The molecule has 2 aromatic rings. The van der Waals surface area contributed by atoms with Crippen LogP contribution in [0.15, 0.2) is 27.7 Å². The summed E-state index contributed by atoms with van der Waals surface area (Å²) in [6, 6.07) is 4.43. The first-order valence-corrected chi connectivity index (χ1v) is 10.1. The number of H-pyrrole nitrogens is 1. The fourth-order valence-electron chi connectivity index (χ4n) is 2.76. The predicted molar refractivity (Wildman–Crippen MR) is 96.6 cm³/mol. The molecule has 2 N–H and O–H groups in total. The second-order valence-corrected chi connectivity index (χ2v) is 9.32. The Balaban J connectivity index is 1.73. The molecule has 0 bridgehead atoms. The molecule has 1 aliphatic rings. The molecule has 3 heterocycles. The number of nitrogens with zero attached hydrogens (tertiary/aromatic N) is 2. The molecule has 8 nitrogen and oxygen atoms in total. The van der Waals surface area contributed by atoms with E-state index < -0.39 is 15.9 Å². The first-order chi connectivity index (χ1) is 12.2. The van der Waals surface area contributed by atoms with Crippen molar-refractivity contribution < 1.29 is 17.6 Å². The highest BCUT2D eigenvalue weighted by molar-refractivity contribution is 7.89. The third-order valence-corrected chi connectivity index (χ3v) is 6.11. The van der Waals surface area contributed by atoms with E-state index in [1.165, 1.54) is 16.4 Å². The average molecular weight is 380 g/mol. The second kappa shape index (κ2) is 6.88. The number of hydrogen-bond acceptors (Lipinski definition) is 5. The molecule has 1 amide bonds. The number of hydrogen-bond donors (Lipinski definition) is 2. The highest BCUT2D eigenvalue weighted by atomic mass is 32.2. The van der Waals surface area contributed by atoms with Crippen LogP contribution in [0.25, 0.3) is 0 Å². The molecule has 2 aromatic heterocycles. The van der Waals surface area contributed by atoms with Crippen molar-refractivity contribution in [2.75, 3.05) is 18.4 Å². The monoisotopic (exact) mass is 380 g/mol. The van der Waals surface area contributed by atoms with Crippen molar-refractivity contribution in [1.82, 2.24) is 14.5 Å². The number of anilines is 1. The van der Waals surface area contributed by atoms with Crippen LogP contribution in [-0.4, -0.2) is 41.9 Å². The van der Waals surface area contributed by atoms with Gasteiger partial charge in [0.15, 0.2) is 11.6 Å². The number of aromatic nitrogens is 2. The van der Waals surface area contributed by atoms with E-state index in [2.05, 4.69) is 15.5 Å². The Morgan fingerprint density at radius 1 is 1.23 bits per heavy atom. The average Bonchev–Trinajstić information content (AvgIpc) is 3.25. The molecule has 142 valence electrons. The summed E-state index contributed by atoms with van der Waals surface area (Å²) in [7, 11) is -3.70. The van der Waals surface area contributed by atoms with E-state index in [1.54, 1.807) is 6.07 Å². The smallest absolute Gasteiger partial charge is 0.292 e. The van der Waals surface area contributed by atoms with Gasteiger partial charge in [-0.1, -0.05) is 27.2 Å². The van der Waals surface area contributed by atoms with Gasteiger partial charge in [0.25, 0.3) is 15.9 Å². The Hall–Kier alpha value is -2.13. The minimum absolute atomic E-state index is 0.0686. The molecular formula is C17H24N4O4S. The summed E-state index contributed by atoms with van der Waals surface area (Å²) < 4.78 is 31.9. The number of carbonyl (C=O) groups is 1. The van der Waals surface area contributed by atoms with Crippen LogP contribution in [0.1, 0.15) is 56.3 Å². The number of furan rings is 1. The minimum Gasteiger partial charge on any atom is -0.438 e. The molecule has 1 aliphatic heterocycles. The maximum Gasteiger partial charge on any atom is 0.292 e. The van der Waals surface area contributed by atoms with Crippen LogP contribution >= 0.6 is 0 Å². The first-order valence-electron chi connectivity index (χ1n) is 8.65. The molecule has 0 unspecified atom stereocenters. The Morgan fingerprint density at radius 3 is 2.54 bits per heavy atom. The quantitative estimate of drug-likeness (QED) is 0.848. The van der Waals surface area contributed by atoms with Gasteiger partial charge in [0.1, 0.15) is 0 Å². The van der Waals surface area contributed by atoms with Crippen LogP contribution in [0.5, 0.6) is 0 Å². The molecule has 1 saturated heterocycles. The van der Waals surface area contributed by atoms with E-state index in [-0.39, 0.29) is 16.3 Å². The zero-order valence-electron chi connectivity index (χ0n) is 15.2. The number of rotatable bonds is 4. The number of aromatic amines is 1. The van der Waals surface area contributed by atoms with Gasteiger partial charge in [0, 0.05) is 30.3 Å². The van der Waals surface area contributed by atoms with Gasteiger partial charge < -0.3 is 9.73 Å². The fraction of sp³-hybridized carbons (Fsp3) is 0.529. The van der Waals surface area contributed by atoms with Gasteiger partial charge in [-0.2, -0.15) is 9.40 Å². The van der Waals surface area contributed by atoms with Gasteiger partial charge in [-0.05, 0) is 25.0 Å². The molecule has 9 heteroatoms. The lowest BCUT2D eigenvalue weighted by atomic mass is 9.92. The lowest BCUT2D eigenvalue weighted by molar-refractivity contribution is 0.0991.